The summed E-state index contributed by atoms with van der Waals surface area (Å²) in [5.41, 5.74) is 6.22. The van der Waals surface area contributed by atoms with Crippen LogP contribution in [0.3, 0.4) is 0 Å². The summed E-state index contributed by atoms with van der Waals surface area (Å²) in [6.45, 7) is 10.3. The van der Waals surface area contributed by atoms with E-state index in [0.717, 1.165) is 12.1 Å². The number of nitrogens with two attached hydrogens (primary N) is 1. The molecule has 7 nitrogen and oxygen atoms in total. The van der Waals surface area contributed by atoms with Crippen molar-refractivity contribution in [2.45, 2.75) is 64.3 Å². The van der Waals surface area contributed by atoms with E-state index in [1.165, 1.54) is 0 Å². The third-order valence-electron chi connectivity index (χ3n) is 4.65. The quantitative estimate of drug-likeness (QED) is 0.669. The number of benzene rings is 1. The van der Waals surface area contributed by atoms with Gasteiger partial charge in [-0.3, -0.25) is 14.5 Å². The molecule has 1 aromatic rings. The fraction of sp³-hybridized carbons (Fsp3) is 0.636. The summed E-state index contributed by atoms with van der Waals surface area (Å²) < 4.78 is 11.0. The van der Waals surface area contributed by atoms with Crippen molar-refractivity contribution in [1.29, 1.82) is 0 Å². The molecule has 1 aliphatic heterocycles. The lowest BCUT2D eigenvalue weighted by Crippen LogP contribution is -2.55. The van der Waals surface area contributed by atoms with Gasteiger partial charge in [0.1, 0.15) is 18.2 Å². The van der Waals surface area contributed by atoms with E-state index < -0.39 is 17.2 Å². The van der Waals surface area contributed by atoms with Gasteiger partial charge in [0.15, 0.2) is 0 Å². The number of nitrogens with one attached hydrogen (secondary N) is 1. The lowest BCUT2D eigenvalue weighted by molar-refractivity contribution is -0.162. The molecular weight excluding hydrogens is 370 g/mol. The molecule has 1 aliphatic rings. The monoisotopic (exact) mass is 405 g/mol. The number of carbonyl (C=O) groups excluding carboxylic acids is 2. The summed E-state index contributed by atoms with van der Waals surface area (Å²) >= 11 is 0. The first-order valence-electron chi connectivity index (χ1n) is 10.2. The summed E-state index contributed by atoms with van der Waals surface area (Å²) in [5.74, 6) is -0.656. The molecule has 0 bridgehead atoms. The normalized spacial score (nSPS) is 21.8. The molecule has 0 aromatic heterocycles. The van der Waals surface area contributed by atoms with E-state index in [1.54, 1.807) is 0 Å². The standard InChI is InChI=1S/C22H35N3O4/c1-21(2,3)29-20(27)18(25-13-12-24-15-22(4,23)16-25)10-11-19(26)28-14-17-8-6-5-7-9-17/h5-9,18,24H,10-16,23H2,1-4H3. The predicted octanol–water partition coefficient (Wildman–Crippen LogP) is 1.84. The van der Waals surface area contributed by atoms with E-state index in [2.05, 4.69) is 5.32 Å². The van der Waals surface area contributed by atoms with Crippen LogP contribution in [0.15, 0.2) is 30.3 Å². The summed E-state index contributed by atoms with van der Waals surface area (Å²) in [6, 6.07) is 8.99. The molecule has 2 atom stereocenters. The second-order valence-electron chi connectivity index (χ2n) is 9.04. The Morgan fingerprint density at radius 1 is 1.28 bits per heavy atom. The van der Waals surface area contributed by atoms with Crippen molar-refractivity contribution in [3.05, 3.63) is 35.9 Å². The molecule has 0 aliphatic carbocycles. The first kappa shape index (κ1) is 23.3. The van der Waals surface area contributed by atoms with Crippen LogP contribution in [-0.4, -0.2) is 60.2 Å². The minimum absolute atomic E-state index is 0.141. The maximum Gasteiger partial charge on any atom is 0.323 e. The number of esters is 2. The second-order valence-corrected chi connectivity index (χ2v) is 9.04. The Kier molecular flexibility index (Phi) is 8.19. The molecule has 1 heterocycles. The van der Waals surface area contributed by atoms with E-state index >= 15 is 0 Å². The fourth-order valence-corrected chi connectivity index (χ4v) is 3.35. The van der Waals surface area contributed by atoms with Gasteiger partial charge < -0.3 is 20.5 Å². The van der Waals surface area contributed by atoms with Gasteiger partial charge in [0.25, 0.3) is 0 Å². The Balaban J connectivity index is 2.00. The molecule has 0 saturated carbocycles. The van der Waals surface area contributed by atoms with E-state index in [4.69, 9.17) is 15.2 Å². The van der Waals surface area contributed by atoms with Crippen molar-refractivity contribution in [2.24, 2.45) is 5.73 Å². The first-order chi connectivity index (χ1) is 13.6. The summed E-state index contributed by atoms with van der Waals surface area (Å²) in [4.78, 5) is 27.2. The molecule has 0 spiro atoms. The number of hydrogen-bond acceptors (Lipinski definition) is 7. The summed E-state index contributed by atoms with van der Waals surface area (Å²) in [7, 11) is 0. The van der Waals surface area contributed by atoms with E-state index in [0.29, 0.717) is 26.1 Å². The number of nitrogens with zero attached hydrogens (tertiary/aromatic N) is 1. The van der Waals surface area contributed by atoms with Gasteiger partial charge in [-0.1, -0.05) is 30.3 Å². The Morgan fingerprint density at radius 2 is 1.97 bits per heavy atom. The zero-order valence-corrected chi connectivity index (χ0v) is 18.1. The number of ether oxygens (including phenoxy) is 2. The molecule has 1 fully saturated rings. The van der Waals surface area contributed by atoms with Crippen LogP contribution in [0.1, 0.15) is 46.1 Å². The van der Waals surface area contributed by atoms with Gasteiger partial charge in [0, 0.05) is 38.1 Å². The Hall–Kier alpha value is -1.96. The lowest BCUT2D eigenvalue weighted by Gasteiger charge is -2.35. The van der Waals surface area contributed by atoms with Gasteiger partial charge in [0.05, 0.1) is 0 Å². The summed E-state index contributed by atoms with van der Waals surface area (Å²) in [5, 5.41) is 3.30. The first-order valence-corrected chi connectivity index (χ1v) is 10.2. The smallest absolute Gasteiger partial charge is 0.323 e. The third-order valence-corrected chi connectivity index (χ3v) is 4.65. The van der Waals surface area contributed by atoms with Gasteiger partial charge in [-0.15, -0.1) is 0 Å². The molecule has 2 unspecified atom stereocenters. The van der Waals surface area contributed by atoms with Crippen LogP contribution in [0.4, 0.5) is 0 Å². The Bertz CT molecular complexity index is 670. The average molecular weight is 406 g/mol. The highest BCUT2D eigenvalue weighted by atomic mass is 16.6. The highest BCUT2D eigenvalue weighted by molar-refractivity contribution is 5.77. The largest absolute Gasteiger partial charge is 0.461 e. The molecule has 2 rings (SSSR count). The molecule has 162 valence electrons. The SMILES string of the molecule is CC1(N)CNCCN(C(CCC(=O)OCc2ccccc2)C(=O)OC(C)(C)C)C1. The molecule has 0 amide bonds. The van der Waals surface area contributed by atoms with E-state index in [9.17, 15) is 9.59 Å². The van der Waals surface area contributed by atoms with E-state index in [1.807, 2.05) is 62.9 Å². The van der Waals surface area contributed by atoms with Crippen LogP contribution in [0.2, 0.25) is 0 Å². The number of rotatable bonds is 7. The lowest BCUT2D eigenvalue weighted by atomic mass is 10.0. The van der Waals surface area contributed by atoms with Gasteiger partial charge in [-0.25, -0.2) is 0 Å². The highest BCUT2D eigenvalue weighted by Gasteiger charge is 2.35. The Labute approximate surface area is 173 Å². The fourth-order valence-electron chi connectivity index (χ4n) is 3.35. The summed E-state index contributed by atoms with van der Waals surface area (Å²) in [6.07, 6.45) is 0.473. The minimum atomic E-state index is -0.598. The van der Waals surface area contributed by atoms with E-state index in [-0.39, 0.29) is 25.0 Å². The average Bonchev–Trinajstić information content (AvgIpc) is 2.80. The van der Waals surface area contributed by atoms with Gasteiger partial charge in [-0.2, -0.15) is 0 Å². The van der Waals surface area contributed by atoms with Crippen LogP contribution >= 0.6 is 0 Å². The maximum atomic E-state index is 12.9. The van der Waals surface area contributed by atoms with Crippen molar-refractivity contribution in [3.8, 4) is 0 Å². The van der Waals surface area contributed by atoms with Crippen molar-refractivity contribution in [1.82, 2.24) is 10.2 Å². The maximum absolute atomic E-state index is 12.9. The van der Waals surface area contributed by atoms with Crippen molar-refractivity contribution < 1.29 is 19.1 Å². The zero-order valence-electron chi connectivity index (χ0n) is 18.1. The third kappa shape index (κ3) is 8.51. The van der Waals surface area contributed by atoms with Crippen LogP contribution in [0, 0.1) is 0 Å². The topological polar surface area (TPSA) is 93.9 Å². The van der Waals surface area contributed by atoms with Crippen LogP contribution < -0.4 is 11.1 Å². The minimum Gasteiger partial charge on any atom is -0.461 e. The zero-order chi connectivity index (χ0) is 21.5. The predicted molar refractivity (Wildman–Crippen MR) is 112 cm³/mol. The van der Waals surface area contributed by atoms with Crippen molar-refractivity contribution in [2.75, 3.05) is 26.2 Å². The molecule has 7 heteroatoms. The van der Waals surface area contributed by atoms with Crippen LogP contribution in [-0.2, 0) is 25.7 Å². The molecule has 0 radical (unpaired) electrons. The molecule has 29 heavy (non-hydrogen) atoms. The van der Waals surface area contributed by atoms with Crippen LogP contribution in [0.25, 0.3) is 0 Å². The van der Waals surface area contributed by atoms with Gasteiger partial charge in [-0.05, 0) is 39.7 Å². The van der Waals surface area contributed by atoms with Gasteiger partial charge in [0.2, 0.25) is 0 Å². The second kappa shape index (κ2) is 10.2. The Morgan fingerprint density at radius 3 is 2.62 bits per heavy atom. The van der Waals surface area contributed by atoms with Crippen molar-refractivity contribution >= 4 is 11.9 Å². The molecular formula is C22H35N3O4. The number of carbonyl (C=O) groups is 2. The number of hydrogen-bond donors (Lipinski definition) is 2. The molecule has 3 N–H and O–H groups in total. The molecule has 1 saturated heterocycles. The highest BCUT2D eigenvalue weighted by Crippen LogP contribution is 2.18. The molecule has 1 aromatic carbocycles. The van der Waals surface area contributed by atoms with Crippen molar-refractivity contribution in [3.63, 3.8) is 0 Å². The van der Waals surface area contributed by atoms with Crippen LogP contribution in [0.5, 0.6) is 0 Å². The van der Waals surface area contributed by atoms with Gasteiger partial charge >= 0.3 is 11.9 Å².